The average Bonchev–Trinajstić information content (AvgIpc) is 2.72. The molecular weight excluding hydrogens is 254 g/mol. The second-order valence-electron chi connectivity index (χ2n) is 5.94. The molecule has 5 nitrogen and oxygen atoms in total. The van der Waals surface area contributed by atoms with Gasteiger partial charge in [-0.25, -0.2) is 4.98 Å². The van der Waals surface area contributed by atoms with Crippen molar-refractivity contribution in [1.82, 2.24) is 14.5 Å². The Morgan fingerprint density at radius 1 is 1.25 bits per heavy atom. The third-order valence-corrected chi connectivity index (χ3v) is 4.47. The van der Waals surface area contributed by atoms with Crippen LogP contribution in [0.1, 0.15) is 43.5 Å². The predicted molar refractivity (Wildman–Crippen MR) is 75.3 cm³/mol. The number of amides is 1. The van der Waals surface area contributed by atoms with Crippen LogP contribution < -0.4 is 0 Å². The van der Waals surface area contributed by atoms with Crippen LogP contribution in [0.15, 0.2) is 6.33 Å². The minimum Gasteiger partial charge on any atom is -0.393 e. The van der Waals surface area contributed by atoms with Crippen molar-refractivity contribution in [2.45, 2.75) is 57.6 Å². The summed E-state index contributed by atoms with van der Waals surface area (Å²) in [6, 6.07) is 0. The number of hydrogen-bond donors (Lipinski definition) is 1. The monoisotopic (exact) mass is 277 g/mol. The molecule has 1 N–H and O–H groups in total. The highest BCUT2D eigenvalue weighted by molar-refractivity contribution is 5.76. The Balaban J connectivity index is 1.65. The lowest BCUT2D eigenvalue weighted by atomic mass is 10.0. The summed E-state index contributed by atoms with van der Waals surface area (Å²) in [4.78, 5) is 18.7. The molecule has 1 fully saturated rings. The van der Waals surface area contributed by atoms with Gasteiger partial charge < -0.3 is 14.6 Å². The van der Waals surface area contributed by atoms with Gasteiger partial charge >= 0.3 is 0 Å². The first-order valence-corrected chi connectivity index (χ1v) is 7.73. The Morgan fingerprint density at radius 3 is 3.00 bits per heavy atom. The van der Waals surface area contributed by atoms with Crippen molar-refractivity contribution in [3.8, 4) is 0 Å². The minimum absolute atomic E-state index is 0.157. The van der Waals surface area contributed by atoms with E-state index in [2.05, 4.69) is 4.98 Å². The highest BCUT2D eigenvalue weighted by Gasteiger charge is 2.21. The van der Waals surface area contributed by atoms with Gasteiger partial charge in [-0.05, 0) is 44.9 Å². The largest absolute Gasteiger partial charge is 0.393 e. The van der Waals surface area contributed by atoms with Gasteiger partial charge in [0.1, 0.15) is 6.54 Å². The summed E-state index contributed by atoms with van der Waals surface area (Å²) < 4.78 is 2.03. The normalized spacial score (nSPS) is 23.2. The number of aromatic nitrogens is 2. The van der Waals surface area contributed by atoms with E-state index in [4.69, 9.17) is 0 Å². The van der Waals surface area contributed by atoms with Gasteiger partial charge in [0.05, 0.1) is 18.1 Å². The molecule has 1 aliphatic heterocycles. The summed E-state index contributed by atoms with van der Waals surface area (Å²) in [6.07, 6.45) is 8.49. The molecule has 3 rings (SSSR count). The molecule has 0 bridgehead atoms. The fourth-order valence-corrected chi connectivity index (χ4v) is 3.24. The maximum absolute atomic E-state index is 12.4. The van der Waals surface area contributed by atoms with Gasteiger partial charge in [0.2, 0.25) is 5.91 Å². The second-order valence-corrected chi connectivity index (χ2v) is 5.94. The van der Waals surface area contributed by atoms with Crippen molar-refractivity contribution in [1.29, 1.82) is 0 Å². The Kier molecular flexibility index (Phi) is 4.05. The molecule has 20 heavy (non-hydrogen) atoms. The average molecular weight is 277 g/mol. The van der Waals surface area contributed by atoms with Crippen LogP contribution in [0.5, 0.6) is 0 Å². The summed E-state index contributed by atoms with van der Waals surface area (Å²) >= 11 is 0. The number of fused-ring (bicyclic) bond motifs is 1. The first-order valence-electron chi connectivity index (χ1n) is 7.73. The molecule has 2 heterocycles. The van der Waals surface area contributed by atoms with E-state index in [1.54, 1.807) is 0 Å². The van der Waals surface area contributed by atoms with E-state index in [1.165, 1.54) is 24.2 Å². The maximum Gasteiger partial charge on any atom is 0.242 e. The van der Waals surface area contributed by atoms with Crippen molar-refractivity contribution in [3.05, 3.63) is 17.7 Å². The highest BCUT2D eigenvalue weighted by Crippen LogP contribution is 2.20. The number of aliphatic hydroxyl groups excluding tert-OH is 1. The van der Waals surface area contributed by atoms with Crippen LogP contribution in [0.2, 0.25) is 0 Å². The standard InChI is InChI=1S/C15H23N3O2/c19-12-4-3-8-17(9-7-12)15(20)10-18-11-16-13-5-1-2-6-14(13)18/h11-12,19H,1-10H2/t12-/m0/s1. The van der Waals surface area contributed by atoms with Crippen LogP contribution in [0.3, 0.4) is 0 Å². The lowest BCUT2D eigenvalue weighted by Gasteiger charge is -2.21. The molecule has 0 aromatic carbocycles. The number of rotatable bonds is 2. The molecule has 2 aliphatic rings. The molecule has 110 valence electrons. The van der Waals surface area contributed by atoms with Crippen molar-refractivity contribution in [3.63, 3.8) is 0 Å². The van der Waals surface area contributed by atoms with Crippen LogP contribution >= 0.6 is 0 Å². The summed E-state index contributed by atoms with van der Waals surface area (Å²) in [7, 11) is 0. The summed E-state index contributed by atoms with van der Waals surface area (Å²) in [6.45, 7) is 1.85. The van der Waals surface area contributed by atoms with Gasteiger partial charge in [-0.15, -0.1) is 0 Å². The first-order chi connectivity index (χ1) is 9.74. The Hall–Kier alpha value is -1.36. The minimum atomic E-state index is -0.242. The van der Waals surface area contributed by atoms with E-state index >= 15 is 0 Å². The maximum atomic E-state index is 12.4. The van der Waals surface area contributed by atoms with Crippen molar-refractivity contribution < 1.29 is 9.90 Å². The third-order valence-electron chi connectivity index (χ3n) is 4.47. The number of carbonyl (C=O) groups excluding carboxylic acids is 1. The second kappa shape index (κ2) is 5.95. The SMILES string of the molecule is O=C(Cn1cnc2c1CCCC2)N1CCC[C@H](O)CC1. The molecule has 0 radical (unpaired) electrons. The van der Waals surface area contributed by atoms with Crippen LogP contribution in [0, 0.1) is 0 Å². The summed E-state index contributed by atoms with van der Waals surface area (Å²) in [5.74, 6) is 0.157. The molecule has 0 spiro atoms. The fourth-order valence-electron chi connectivity index (χ4n) is 3.24. The number of nitrogens with zero attached hydrogens (tertiary/aromatic N) is 3. The number of imidazole rings is 1. The zero-order valence-corrected chi connectivity index (χ0v) is 11.9. The lowest BCUT2D eigenvalue weighted by Crippen LogP contribution is -2.35. The van der Waals surface area contributed by atoms with E-state index in [0.717, 1.165) is 32.2 Å². The van der Waals surface area contributed by atoms with Crippen LogP contribution in [0.4, 0.5) is 0 Å². The lowest BCUT2D eigenvalue weighted by molar-refractivity contribution is -0.131. The number of aliphatic hydroxyl groups is 1. The number of carbonyl (C=O) groups is 1. The molecular formula is C15H23N3O2. The zero-order valence-electron chi connectivity index (χ0n) is 11.9. The molecule has 1 atom stereocenters. The summed E-state index contributed by atoms with van der Waals surface area (Å²) in [5.41, 5.74) is 2.43. The number of likely N-dealkylation sites (tertiary alicyclic amines) is 1. The molecule has 5 heteroatoms. The van der Waals surface area contributed by atoms with Crippen LogP contribution in [0.25, 0.3) is 0 Å². The van der Waals surface area contributed by atoms with Gasteiger partial charge in [-0.1, -0.05) is 0 Å². The third kappa shape index (κ3) is 2.87. The van der Waals surface area contributed by atoms with Crippen molar-refractivity contribution in [2.75, 3.05) is 13.1 Å². The smallest absolute Gasteiger partial charge is 0.242 e. The van der Waals surface area contributed by atoms with Crippen molar-refractivity contribution >= 4 is 5.91 Å². The Morgan fingerprint density at radius 2 is 2.10 bits per heavy atom. The van der Waals surface area contributed by atoms with E-state index < -0.39 is 0 Å². The zero-order chi connectivity index (χ0) is 13.9. The molecule has 1 amide bonds. The summed E-state index contributed by atoms with van der Waals surface area (Å²) in [5, 5.41) is 9.65. The fraction of sp³-hybridized carbons (Fsp3) is 0.733. The topological polar surface area (TPSA) is 58.4 Å². The van der Waals surface area contributed by atoms with Crippen molar-refractivity contribution in [2.24, 2.45) is 0 Å². The van der Waals surface area contributed by atoms with E-state index in [1.807, 2.05) is 15.8 Å². The highest BCUT2D eigenvalue weighted by atomic mass is 16.3. The van der Waals surface area contributed by atoms with Gasteiger partial charge in [0.25, 0.3) is 0 Å². The molecule has 1 aromatic heterocycles. The van der Waals surface area contributed by atoms with Gasteiger partial charge in [-0.3, -0.25) is 4.79 Å². The van der Waals surface area contributed by atoms with Gasteiger partial charge in [0.15, 0.2) is 0 Å². The first kappa shape index (κ1) is 13.6. The quantitative estimate of drug-likeness (QED) is 0.882. The van der Waals surface area contributed by atoms with Crippen LogP contribution in [-0.2, 0) is 24.2 Å². The molecule has 0 unspecified atom stereocenters. The Labute approximate surface area is 119 Å². The molecule has 0 saturated carbocycles. The van der Waals surface area contributed by atoms with Crippen LogP contribution in [-0.4, -0.2) is 44.7 Å². The number of hydrogen-bond acceptors (Lipinski definition) is 3. The molecule has 1 aliphatic carbocycles. The predicted octanol–water partition coefficient (Wildman–Crippen LogP) is 1.14. The van der Waals surface area contributed by atoms with E-state index in [0.29, 0.717) is 19.5 Å². The van der Waals surface area contributed by atoms with E-state index in [9.17, 15) is 9.90 Å². The number of aryl methyl sites for hydroxylation is 1. The molecule has 1 aromatic rings. The molecule has 1 saturated heterocycles. The van der Waals surface area contributed by atoms with E-state index in [-0.39, 0.29) is 12.0 Å². The van der Waals surface area contributed by atoms with Gasteiger partial charge in [-0.2, -0.15) is 0 Å². The van der Waals surface area contributed by atoms with Gasteiger partial charge in [0, 0.05) is 18.8 Å². The Bertz CT molecular complexity index is 483.